The van der Waals surface area contributed by atoms with E-state index in [2.05, 4.69) is 5.10 Å². The summed E-state index contributed by atoms with van der Waals surface area (Å²) >= 11 is 0. The number of aryl methyl sites for hydroxylation is 2. The van der Waals surface area contributed by atoms with Crippen molar-refractivity contribution < 1.29 is 9.18 Å². The Balaban J connectivity index is 2.15. The number of nitrogens with zero attached hydrogens (tertiary/aromatic N) is 2. The summed E-state index contributed by atoms with van der Waals surface area (Å²) in [6.07, 6.45) is 5.11. The molecule has 0 radical (unpaired) electrons. The van der Waals surface area contributed by atoms with E-state index in [9.17, 15) is 9.18 Å². The molecule has 0 aliphatic rings. The maximum atomic E-state index is 12.8. The molecule has 98 valence electrons. The van der Waals surface area contributed by atoms with E-state index in [1.54, 1.807) is 6.08 Å². The van der Waals surface area contributed by atoms with Crippen molar-refractivity contribution in [1.29, 1.82) is 0 Å². The minimum atomic E-state index is -0.347. The van der Waals surface area contributed by atoms with Gasteiger partial charge >= 0.3 is 0 Å². The molecular formula is C15H15FN2O. The summed E-state index contributed by atoms with van der Waals surface area (Å²) < 4.78 is 14.6. The molecule has 1 aromatic heterocycles. The first-order valence-electron chi connectivity index (χ1n) is 6.12. The van der Waals surface area contributed by atoms with E-state index in [1.807, 2.05) is 24.7 Å². The van der Waals surface area contributed by atoms with Crippen molar-refractivity contribution in [1.82, 2.24) is 9.78 Å². The van der Waals surface area contributed by atoms with Crippen LogP contribution in [0.15, 0.2) is 36.5 Å². The van der Waals surface area contributed by atoms with Crippen LogP contribution in [-0.4, -0.2) is 15.6 Å². The number of carbonyl (C=O) groups excluding carboxylic acids is 1. The van der Waals surface area contributed by atoms with Crippen LogP contribution in [0.2, 0.25) is 0 Å². The number of rotatable bonds is 4. The second-order valence-corrected chi connectivity index (χ2v) is 4.23. The molecule has 3 nitrogen and oxygen atoms in total. The number of aromatic nitrogens is 2. The zero-order valence-corrected chi connectivity index (χ0v) is 10.9. The standard InChI is InChI=1S/C15H15FN2O/c1-3-18-10-13(11(2)17-18)6-9-15(19)12-4-7-14(16)8-5-12/h4-10H,3H2,1-2H3/b9-6+. The van der Waals surface area contributed by atoms with Gasteiger partial charge in [0.1, 0.15) is 5.82 Å². The molecule has 0 spiro atoms. The predicted molar refractivity (Wildman–Crippen MR) is 72.4 cm³/mol. The Kier molecular flexibility index (Phi) is 3.90. The van der Waals surface area contributed by atoms with Crippen LogP contribution in [0.5, 0.6) is 0 Å². The quantitative estimate of drug-likeness (QED) is 0.623. The van der Waals surface area contributed by atoms with E-state index in [0.29, 0.717) is 5.56 Å². The molecular weight excluding hydrogens is 243 g/mol. The Morgan fingerprint density at radius 2 is 2.05 bits per heavy atom. The number of ketones is 1. The van der Waals surface area contributed by atoms with Crippen molar-refractivity contribution in [3.05, 3.63) is 59.2 Å². The van der Waals surface area contributed by atoms with Crippen molar-refractivity contribution in [2.24, 2.45) is 0 Å². The molecule has 0 saturated heterocycles. The molecule has 19 heavy (non-hydrogen) atoms. The smallest absolute Gasteiger partial charge is 0.185 e. The molecule has 4 heteroatoms. The van der Waals surface area contributed by atoms with Gasteiger partial charge < -0.3 is 0 Å². The fourth-order valence-electron chi connectivity index (χ4n) is 1.73. The van der Waals surface area contributed by atoms with E-state index in [4.69, 9.17) is 0 Å². The Labute approximate surface area is 111 Å². The summed E-state index contributed by atoms with van der Waals surface area (Å²) in [4.78, 5) is 11.9. The van der Waals surface area contributed by atoms with Crippen molar-refractivity contribution >= 4 is 11.9 Å². The minimum absolute atomic E-state index is 0.149. The van der Waals surface area contributed by atoms with Gasteiger partial charge in [-0.2, -0.15) is 5.10 Å². The van der Waals surface area contributed by atoms with E-state index >= 15 is 0 Å². The highest BCUT2D eigenvalue weighted by molar-refractivity contribution is 6.06. The third kappa shape index (κ3) is 3.16. The molecule has 0 unspecified atom stereocenters. The van der Waals surface area contributed by atoms with Gasteiger partial charge in [0.25, 0.3) is 0 Å². The molecule has 0 saturated carbocycles. The number of carbonyl (C=O) groups is 1. The van der Waals surface area contributed by atoms with Crippen molar-refractivity contribution in [2.75, 3.05) is 0 Å². The summed E-state index contributed by atoms with van der Waals surface area (Å²) in [5, 5.41) is 4.30. The largest absolute Gasteiger partial charge is 0.289 e. The SMILES string of the molecule is CCn1cc(/C=C/C(=O)c2ccc(F)cc2)c(C)n1. The van der Waals surface area contributed by atoms with Crippen LogP contribution in [0.3, 0.4) is 0 Å². The minimum Gasteiger partial charge on any atom is -0.289 e. The molecule has 0 aliphatic carbocycles. The third-order valence-electron chi connectivity index (χ3n) is 2.85. The first-order chi connectivity index (χ1) is 9.10. The zero-order chi connectivity index (χ0) is 13.8. The van der Waals surface area contributed by atoms with Crippen LogP contribution in [-0.2, 0) is 6.54 Å². The molecule has 2 aromatic rings. The van der Waals surface area contributed by atoms with Gasteiger partial charge in [0.2, 0.25) is 0 Å². The average molecular weight is 258 g/mol. The molecule has 2 rings (SSSR count). The summed E-state index contributed by atoms with van der Waals surface area (Å²) in [5.74, 6) is -0.496. The van der Waals surface area contributed by atoms with E-state index in [0.717, 1.165) is 17.8 Å². The lowest BCUT2D eigenvalue weighted by atomic mass is 10.1. The number of benzene rings is 1. The molecule has 0 N–H and O–H groups in total. The average Bonchev–Trinajstić information content (AvgIpc) is 2.77. The first kappa shape index (κ1) is 13.2. The van der Waals surface area contributed by atoms with Crippen LogP contribution in [0.1, 0.15) is 28.5 Å². The highest BCUT2D eigenvalue weighted by Gasteiger charge is 2.04. The summed E-state index contributed by atoms with van der Waals surface area (Å²) in [6.45, 7) is 4.69. The summed E-state index contributed by atoms with van der Waals surface area (Å²) in [7, 11) is 0. The molecule has 0 fully saturated rings. The van der Waals surface area contributed by atoms with Crippen molar-refractivity contribution in [2.45, 2.75) is 20.4 Å². The van der Waals surface area contributed by atoms with Gasteiger partial charge in [-0.25, -0.2) is 4.39 Å². The second-order valence-electron chi connectivity index (χ2n) is 4.23. The first-order valence-corrected chi connectivity index (χ1v) is 6.12. The van der Waals surface area contributed by atoms with Gasteiger partial charge in [0, 0.05) is 23.9 Å². The van der Waals surface area contributed by atoms with Crippen LogP contribution in [0, 0.1) is 12.7 Å². The molecule has 0 amide bonds. The Bertz CT molecular complexity index is 612. The van der Waals surface area contributed by atoms with Crippen LogP contribution in [0.25, 0.3) is 6.08 Å². The summed E-state index contributed by atoms with van der Waals surface area (Å²) in [5.41, 5.74) is 2.26. The lowest BCUT2D eigenvalue weighted by Crippen LogP contribution is -1.93. The Morgan fingerprint density at radius 1 is 1.37 bits per heavy atom. The van der Waals surface area contributed by atoms with Gasteiger partial charge in [-0.1, -0.05) is 0 Å². The maximum Gasteiger partial charge on any atom is 0.185 e. The van der Waals surface area contributed by atoms with E-state index < -0.39 is 0 Å². The molecule has 0 atom stereocenters. The lowest BCUT2D eigenvalue weighted by Gasteiger charge is -1.95. The maximum absolute atomic E-state index is 12.8. The Morgan fingerprint density at radius 3 is 2.63 bits per heavy atom. The van der Waals surface area contributed by atoms with Gasteiger partial charge in [-0.05, 0) is 50.3 Å². The monoisotopic (exact) mass is 258 g/mol. The lowest BCUT2D eigenvalue weighted by molar-refractivity contribution is 0.104. The molecule has 1 heterocycles. The highest BCUT2D eigenvalue weighted by Crippen LogP contribution is 2.10. The molecule has 0 aliphatic heterocycles. The second kappa shape index (κ2) is 5.61. The van der Waals surface area contributed by atoms with Gasteiger partial charge in [0.15, 0.2) is 5.78 Å². The van der Waals surface area contributed by atoms with Gasteiger partial charge in [-0.15, -0.1) is 0 Å². The van der Waals surface area contributed by atoms with Crippen LogP contribution >= 0.6 is 0 Å². The number of halogens is 1. The molecule has 1 aromatic carbocycles. The van der Waals surface area contributed by atoms with E-state index in [-0.39, 0.29) is 11.6 Å². The van der Waals surface area contributed by atoms with Gasteiger partial charge in [-0.3, -0.25) is 9.48 Å². The van der Waals surface area contributed by atoms with Crippen molar-refractivity contribution in [3.8, 4) is 0 Å². The van der Waals surface area contributed by atoms with Crippen LogP contribution < -0.4 is 0 Å². The number of hydrogen-bond donors (Lipinski definition) is 0. The van der Waals surface area contributed by atoms with Crippen molar-refractivity contribution in [3.63, 3.8) is 0 Å². The molecule has 0 bridgehead atoms. The van der Waals surface area contributed by atoms with Crippen LogP contribution in [0.4, 0.5) is 4.39 Å². The fraction of sp³-hybridized carbons (Fsp3) is 0.200. The highest BCUT2D eigenvalue weighted by atomic mass is 19.1. The fourth-order valence-corrected chi connectivity index (χ4v) is 1.73. The summed E-state index contributed by atoms with van der Waals surface area (Å²) in [6, 6.07) is 5.51. The normalized spacial score (nSPS) is 11.1. The number of hydrogen-bond acceptors (Lipinski definition) is 2. The predicted octanol–water partition coefficient (Wildman–Crippen LogP) is 3.25. The van der Waals surface area contributed by atoms with Gasteiger partial charge in [0.05, 0.1) is 5.69 Å². The zero-order valence-electron chi connectivity index (χ0n) is 10.9. The topological polar surface area (TPSA) is 34.9 Å². The Hall–Kier alpha value is -2.23. The number of allylic oxidation sites excluding steroid dienone is 1. The van der Waals surface area contributed by atoms with E-state index in [1.165, 1.54) is 30.3 Å². The third-order valence-corrected chi connectivity index (χ3v) is 2.85.